The SMILES string of the molecule is COc1c(C)cc(C2CNC2)cc1C. The zero-order valence-corrected chi connectivity index (χ0v) is 9.05. The van der Waals surface area contributed by atoms with Crippen LogP contribution in [0.4, 0.5) is 0 Å². The van der Waals surface area contributed by atoms with E-state index < -0.39 is 0 Å². The summed E-state index contributed by atoms with van der Waals surface area (Å²) in [5, 5.41) is 3.30. The average molecular weight is 191 g/mol. The molecule has 2 rings (SSSR count). The number of hydrogen-bond donors (Lipinski definition) is 1. The molecule has 0 radical (unpaired) electrons. The molecule has 1 fully saturated rings. The largest absolute Gasteiger partial charge is 0.496 e. The van der Waals surface area contributed by atoms with Gasteiger partial charge >= 0.3 is 0 Å². The molecule has 2 nitrogen and oxygen atoms in total. The molecule has 1 N–H and O–H groups in total. The third kappa shape index (κ3) is 1.50. The van der Waals surface area contributed by atoms with E-state index in [4.69, 9.17) is 4.74 Å². The Morgan fingerprint density at radius 2 is 1.79 bits per heavy atom. The van der Waals surface area contributed by atoms with Crippen molar-refractivity contribution in [3.8, 4) is 5.75 Å². The standard InChI is InChI=1S/C12H17NO/c1-8-4-10(11-6-13-7-11)5-9(2)12(8)14-3/h4-5,11,13H,6-7H2,1-3H3. The monoisotopic (exact) mass is 191 g/mol. The van der Waals surface area contributed by atoms with Gasteiger partial charge < -0.3 is 10.1 Å². The van der Waals surface area contributed by atoms with Crippen LogP contribution >= 0.6 is 0 Å². The maximum Gasteiger partial charge on any atom is 0.124 e. The predicted molar refractivity (Wildman–Crippen MR) is 58.1 cm³/mol. The molecule has 0 unspecified atom stereocenters. The average Bonchev–Trinajstić information content (AvgIpc) is 2.00. The Balaban J connectivity index is 2.35. The topological polar surface area (TPSA) is 21.3 Å². The highest BCUT2D eigenvalue weighted by Gasteiger charge is 2.20. The Morgan fingerprint density at radius 3 is 2.14 bits per heavy atom. The van der Waals surface area contributed by atoms with E-state index in [-0.39, 0.29) is 0 Å². The summed E-state index contributed by atoms with van der Waals surface area (Å²) in [7, 11) is 1.74. The Morgan fingerprint density at radius 1 is 1.21 bits per heavy atom. The fourth-order valence-corrected chi connectivity index (χ4v) is 2.07. The molecular formula is C12H17NO. The van der Waals surface area contributed by atoms with E-state index >= 15 is 0 Å². The molecule has 1 aliphatic heterocycles. The minimum absolute atomic E-state index is 0.707. The van der Waals surface area contributed by atoms with E-state index in [1.165, 1.54) is 16.7 Å². The fourth-order valence-electron chi connectivity index (χ4n) is 2.07. The van der Waals surface area contributed by atoms with Crippen molar-refractivity contribution in [2.24, 2.45) is 0 Å². The molecule has 0 aromatic heterocycles. The molecule has 76 valence electrons. The number of rotatable bonds is 2. The summed E-state index contributed by atoms with van der Waals surface area (Å²) in [6.07, 6.45) is 0. The van der Waals surface area contributed by atoms with E-state index in [1.54, 1.807) is 7.11 Å². The van der Waals surface area contributed by atoms with Crippen LogP contribution in [0.25, 0.3) is 0 Å². The quantitative estimate of drug-likeness (QED) is 0.772. The normalized spacial score (nSPS) is 16.5. The van der Waals surface area contributed by atoms with Crippen molar-refractivity contribution in [3.63, 3.8) is 0 Å². The summed E-state index contributed by atoms with van der Waals surface area (Å²) in [5.74, 6) is 1.74. The van der Waals surface area contributed by atoms with E-state index in [1.807, 2.05) is 0 Å². The van der Waals surface area contributed by atoms with Crippen molar-refractivity contribution >= 4 is 0 Å². The number of aryl methyl sites for hydroxylation is 2. The molecular weight excluding hydrogens is 174 g/mol. The molecule has 0 spiro atoms. The molecule has 14 heavy (non-hydrogen) atoms. The number of benzene rings is 1. The van der Waals surface area contributed by atoms with Crippen LogP contribution in [0, 0.1) is 13.8 Å². The van der Waals surface area contributed by atoms with Gasteiger partial charge in [-0.15, -0.1) is 0 Å². The van der Waals surface area contributed by atoms with Crippen LogP contribution in [0.2, 0.25) is 0 Å². The highest BCUT2D eigenvalue weighted by Crippen LogP contribution is 2.29. The third-order valence-corrected chi connectivity index (χ3v) is 2.94. The summed E-state index contributed by atoms with van der Waals surface area (Å²) in [5.41, 5.74) is 3.93. The molecule has 1 aromatic rings. The molecule has 2 heteroatoms. The minimum Gasteiger partial charge on any atom is -0.496 e. The summed E-state index contributed by atoms with van der Waals surface area (Å²) in [6, 6.07) is 4.49. The summed E-state index contributed by atoms with van der Waals surface area (Å²) >= 11 is 0. The van der Waals surface area contributed by atoms with Gasteiger partial charge in [-0.2, -0.15) is 0 Å². The molecule has 0 amide bonds. The maximum absolute atomic E-state index is 5.35. The van der Waals surface area contributed by atoms with Gasteiger partial charge in [-0.1, -0.05) is 12.1 Å². The lowest BCUT2D eigenvalue weighted by Gasteiger charge is -2.28. The maximum atomic E-state index is 5.35. The first-order valence-electron chi connectivity index (χ1n) is 5.08. The molecule has 1 aliphatic rings. The van der Waals surface area contributed by atoms with Crippen LogP contribution in [0.5, 0.6) is 5.75 Å². The van der Waals surface area contributed by atoms with Crippen LogP contribution in [0.15, 0.2) is 12.1 Å². The van der Waals surface area contributed by atoms with Crippen LogP contribution < -0.4 is 10.1 Å². The second-order valence-electron chi connectivity index (χ2n) is 4.04. The lowest BCUT2D eigenvalue weighted by Crippen LogP contribution is -2.39. The highest BCUT2D eigenvalue weighted by molar-refractivity contribution is 5.44. The Kier molecular flexibility index (Phi) is 2.46. The molecule has 0 aliphatic carbocycles. The summed E-state index contributed by atoms with van der Waals surface area (Å²) in [6.45, 7) is 6.46. The highest BCUT2D eigenvalue weighted by atomic mass is 16.5. The van der Waals surface area contributed by atoms with Gasteiger partial charge in [0.05, 0.1) is 7.11 Å². The zero-order valence-electron chi connectivity index (χ0n) is 9.05. The zero-order chi connectivity index (χ0) is 10.1. The first-order chi connectivity index (χ1) is 6.72. The fraction of sp³-hybridized carbons (Fsp3) is 0.500. The van der Waals surface area contributed by atoms with Crippen molar-refractivity contribution in [2.75, 3.05) is 20.2 Å². The number of nitrogens with one attached hydrogen (secondary N) is 1. The number of ether oxygens (including phenoxy) is 1. The van der Waals surface area contributed by atoms with Crippen LogP contribution in [0.1, 0.15) is 22.6 Å². The lowest BCUT2D eigenvalue weighted by molar-refractivity contribution is 0.406. The summed E-state index contributed by atoms with van der Waals surface area (Å²) in [4.78, 5) is 0. The Bertz CT molecular complexity index is 319. The van der Waals surface area contributed by atoms with Crippen molar-refractivity contribution in [2.45, 2.75) is 19.8 Å². The van der Waals surface area contributed by atoms with E-state index in [0.29, 0.717) is 5.92 Å². The van der Waals surface area contributed by atoms with Crippen LogP contribution in [0.3, 0.4) is 0 Å². The first-order valence-corrected chi connectivity index (χ1v) is 5.08. The van der Waals surface area contributed by atoms with Gasteiger partial charge in [-0.05, 0) is 30.5 Å². The van der Waals surface area contributed by atoms with Crippen LogP contribution in [-0.2, 0) is 0 Å². The summed E-state index contributed by atoms with van der Waals surface area (Å²) < 4.78 is 5.35. The van der Waals surface area contributed by atoms with E-state index in [9.17, 15) is 0 Å². The van der Waals surface area contributed by atoms with Gasteiger partial charge in [0.15, 0.2) is 0 Å². The molecule has 1 heterocycles. The third-order valence-electron chi connectivity index (χ3n) is 2.94. The number of hydrogen-bond acceptors (Lipinski definition) is 2. The van der Waals surface area contributed by atoms with E-state index in [2.05, 4.69) is 31.3 Å². The van der Waals surface area contributed by atoms with Gasteiger partial charge in [0.25, 0.3) is 0 Å². The van der Waals surface area contributed by atoms with Gasteiger partial charge in [-0.25, -0.2) is 0 Å². The molecule has 0 bridgehead atoms. The molecule has 0 atom stereocenters. The van der Waals surface area contributed by atoms with Gasteiger partial charge in [0, 0.05) is 19.0 Å². The van der Waals surface area contributed by atoms with Gasteiger partial charge in [0.1, 0.15) is 5.75 Å². The molecule has 1 aromatic carbocycles. The van der Waals surface area contributed by atoms with Crippen molar-refractivity contribution in [1.82, 2.24) is 5.32 Å². The van der Waals surface area contributed by atoms with E-state index in [0.717, 1.165) is 18.8 Å². The second-order valence-corrected chi connectivity index (χ2v) is 4.04. The first kappa shape index (κ1) is 9.53. The second kappa shape index (κ2) is 3.62. The predicted octanol–water partition coefficient (Wildman–Crippen LogP) is 2.00. The lowest BCUT2D eigenvalue weighted by atomic mass is 9.91. The molecule has 1 saturated heterocycles. The smallest absolute Gasteiger partial charge is 0.124 e. The van der Waals surface area contributed by atoms with Crippen molar-refractivity contribution in [1.29, 1.82) is 0 Å². The van der Waals surface area contributed by atoms with Crippen molar-refractivity contribution in [3.05, 3.63) is 28.8 Å². The molecule has 0 saturated carbocycles. The van der Waals surface area contributed by atoms with Crippen molar-refractivity contribution < 1.29 is 4.74 Å². The minimum atomic E-state index is 0.707. The van der Waals surface area contributed by atoms with Crippen LogP contribution in [-0.4, -0.2) is 20.2 Å². The Labute approximate surface area is 85.3 Å². The number of methoxy groups -OCH3 is 1. The van der Waals surface area contributed by atoms with Gasteiger partial charge in [-0.3, -0.25) is 0 Å². The van der Waals surface area contributed by atoms with Gasteiger partial charge in [0.2, 0.25) is 0 Å². The Hall–Kier alpha value is -1.02.